The minimum absolute atomic E-state index is 0.00317. The van der Waals surface area contributed by atoms with Gasteiger partial charge in [0.15, 0.2) is 5.79 Å². The molecule has 2 N–H and O–H groups in total. The number of hydrogen-bond donors (Lipinski definition) is 2. The molecule has 194 valence electrons. The minimum atomic E-state index is -4.03. The predicted octanol–water partition coefficient (Wildman–Crippen LogP) is 2.89. The zero-order chi connectivity index (χ0) is 25.7. The maximum absolute atomic E-state index is 13.4. The molecule has 1 amide bonds. The van der Waals surface area contributed by atoms with E-state index in [1.165, 1.54) is 6.08 Å². The number of alkyl carbamates (subject to hydrolysis) is 1. The topological polar surface area (TPSA) is 129 Å². The van der Waals surface area contributed by atoms with Gasteiger partial charge in [-0.1, -0.05) is 18.2 Å². The molecule has 0 aromatic heterocycles. The van der Waals surface area contributed by atoms with Crippen LogP contribution in [0.4, 0.5) is 10.5 Å². The zero-order valence-corrected chi connectivity index (χ0v) is 21.4. The summed E-state index contributed by atoms with van der Waals surface area (Å²) in [6.07, 6.45) is 1.69. The fourth-order valence-electron chi connectivity index (χ4n) is 3.99. The zero-order valence-electron chi connectivity index (χ0n) is 20.6. The van der Waals surface area contributed by atoms with Crippen LogP contribution in [-0.4, -0.2) is 63.5 Å². The number of esters is 1. The Morgan fingerprint density at radius 3 is 2.51 bits per heavy atom. The van der Waals surface area contributed by atoms with Crippen molar-refractivity contribution in [1.82, 2.24) is 5.32 Å². The molecule has 1 heterocycles. The van der Waals surface area contributed by atoms with Crippen molar-refractivity contribution >= 4 is 27.8 Å². The molecule has 0 saturated carbocycles. The molecule has 1 aromatic rings. The van der Waals surface area contributed by atoms with E-state index < -0.39 is 38.7 Å². The first-order valence-corrected chi connectivity index (χ1v) is 13.2. The normalized spacial score (nSPS) is 19.7. The summed E-state index contributed by atoms with van der Waals surface area (Å²) in [5, 5.41) is 1.54. The lowest BCUT2D eigenvalue weighted by atomic mass is 9.94. The highest BCUT2D eigenvalue weighted by Crippen LogP contribution is 2.37. The number of carbonyl (C=O) groups is 2. The largest absolute Gasteiger partial charge is 0.463 e. The van der Waals surface area contributed by atoms with Gasteiger partial charge in [-0.05, 0) is 58.2 Å². The smallest absolute Gasteiger partial charge is 0.407 e. The summed E-state index contributed by atoms with van der Waals surface area (Å²) in [5.74, 6) is -1.81. The van der Waals surface area contributed by atoms with E-state index >= 15 is 0 Å². The molecule has 1 saturated heterocycles. The van der Waals surface area contributed by atoms with Crippen LogP contribution >= 0.6 is 0 Å². The van der Waals surface area contributed by atoms with Gasteiger partial charge in [-0.25, -0.2) is 18.0 Å². The van der Waals surface area contributed by atoms with Gasteiger partial charge in [0, 0.05) is 13.0 Å². The molecule has 0 radical (unpaired) electrons. The van der Waals surface area contributed by atoms with Crippen LogP contribution in [0.3, 0.4) is 0 Å². The Hall–Kier alpha value is -2.63. The van der Waals surface area contributed by atoms with E-state index in [0.29, 0.717) is 37.3 Å². The quantitative estimate of drug-likeness (QED) is 0.511. The molecule has 1 aliphatic heterocycles. The van der Waals surface area contributed by atoms with Gasteiger partial charge < -0.3 is 24.3 Å². The SMILES string of the molecule is CCOC(=O)C1=CC2(CCC1S(=O)(=O)Nc1ccccc1CCNC(=O)OC(C)(C)C)OCCO2. The average Bonchev–Trinajstić information content (AvgIpc) is 3.21. The Kier molecular flexibility index (Phi) is 8.45. The first kappa shape index (κ1) is 27.0. The van der Waals surface area contributed by atoms with Crippen LogP contribution in [0.15, 0.2) is 35.9 Å². The lowest BCUT2D eigenvalue weighted by Gasteiger charge is -2.33. The highest BCUT2D eigenvalue weighted by atomic mass is 32.2. The maximum atomic E-state index is 13.4. The van der Waals surface area contributed by atoms with Crippen LogP contribution in [0.2, 0.25) is 0 Å². The molecule has 1 spiro atoms. The molecule has 0 bridgehead atoms. The number of rotatable bonds is 8. The maximum Gasteiger partial charge on any atom is 0.407 e. The lowest BCUT2D eigenvalue weighted by molar-refractivity contribution is -0.143. The number of para-hydroxylation sites is 1. The summed E-state index contributed by atoms with van der Waals surface area (Å²) in [6.45, 7) is 8.07. The number of hydrogen-bond acceptors (Lipinski definition) is 8. The Morgan fingerprint density at radius 1 is 1.17 bits per heavy atom. The first-order valence-electron chi connectivity index (χ1n) is 11.7. The Morgan fingerprint density at radius 2 is 1.86 bits per heavy atom. The van der Waals surface area contributed by atoms with Crippen molar-refractivity contribution in [3.8, 4) is 0 Å². The fraction of sp³-hybridized carbons (Fsp3) is 0.583. The van der Waals surface area contributed by atoms with Crippen molar-refractivity contribution in [1.29, 1.82) is 0 Å². The van der Waals surface area contributed by atoms with Crippen molar-refractivity contribution in [2.75, 3.05) is 31.1 Å². The van der Waals surface area contributed by atoms with Gasteiger partial charge in [0.25, 0.3) is 0 Å². The van der Waals surface area contributed by atoms with Crippen LogP contribution in [0.25, 0.3) is 0 Å². The molecular formula is C24H34N2O8S. The van der Waals surface area contributed by atoms with E-state index in [1.807, 2.05) is 0 Å². The van der Waals surface area contributed by atoms with Crippen LogP contribution in [0.1, 0.15) is 46.1 Å². The second kappa shape index (κ2) is 11.0. The van der Waals surface area contributed by atoms with Crippen molar-refractivity contribution in [2.45, 2.75) is 63.6 Å². The van der Waals surface area contributed by atoms with Gasteiger partial charge in [-0.15, -0.1) is 0 Å². The summed E-state index contributed by atoms with van der Waals surface area (Å²) < 4.78 is 51.2. The van der Waals surface area contributed by atoms with Crippen molar-refractivity contribution in [3.63, 3.8) is 0 Å². The van der Waals surface area contributed by atoms with Crippen molar-refractivity contribution in [2.24, 2.45) is 0 Å². The third kappa shape index (κ3) is 7.18. The van der Waals surface area contributed by atoms with Gasteiger partial charge in [-0.3, -0.25) is 4.72 Å². The first-order chi connectivity index (χ1) is 16.4. The molecule has 1 aliphatic carbocycles. The number of amides is 1. The van der Waals surface area contributed by atoms with E-state index in [4.69, 9.17) is 18.9 Å². The van der Waals surface area contributed by atoms with Gasteiger partial charge in [0.2, 0.25) is 10.0 Å². The van der Waals surface area contributed by atoms with E-state index in [9.17, 15) is 18.0 Å². The third-order valence-corrected chi connectivity index (χ3v) is 7.21. The Bertz CT molecular complexity index is 1060. The summed E-state index contributed by atoms with van der Waals surface area (Å²) in [5.41, 5.74) is 0.435. The van der Waals surface area contributed by atoms with Crippen LogP contribution < -0.4 is 10.0 Å². The number of benzene rings is 1. The highest BCUT2D eigenvalue weighted by molar-refractivity contribution is 7.93. The lowest BCUT2D eigenvalue weighted by Crippen LogP contribution is -2.42. The summed E-state index contributed by atoms with van der Waals surface area (Å²) in [7, 11) is -4.03. The van der Waals surface area contributed by atoms with E-state index in [2.05, 4.69) is 10.0 Å². The molecule has 3 rings (SSSR count). The van der Waals surface area contributed by atoms with Crippen LogP contribution in [0.5, 0.6) is 0 Å². The molecule has 35 heavy (non-hydrogen) atoms. The molecule has 11 heteroatoms. The second-order valence-corrected chi connectivity index (χ2v) is 11.2. The van der Waals surface area contributed by atoms with Gasteiger partial charge >= 0.3 is 12.1 Å². The third-order valence-electron chi connectivity index (χ3n) is 5.47. The fourth-order valence-corrected chi connectivity index (χ4v) is 5.57. The molecule has 1 unspecified atom stereocenters. The van der Waals surface area contributed by atoms with E-state index in [0.717, 1.165) is 0 Å². The predicted molar refractivity (Wildman–Crippen MR) is 129 cm³/mol. The summed E-state index contributed by atoms with van der Waals surface area (Å²) in [6, 6.07) is 6.90. The second-order valence-electron chi connectivity index (χ2n) is 9.34. The van der Waals surface area contributed by atoms with Crippen molar-refractivity contribution < 1.29 is 37.0 Å². The molecule has 2 aliphatic rings. The van der Waals surface area contributed by atoms with E-state index in [1.54, 1.807) is 52.0 Å². The minimum Gasteiger partial charge on any atom is -0.463 e. The molecular weight excluding hydrogens is 476 g/mol. The van der Waals surface area contributed by atoms with Gasteiger partial charge in [-0.2, -0.15) is 0 Å². The molecule has 10 nitrogen and oxygen atoms in total. The number of anilines is 1. The van der Waals surface area contributed by atoms with Gasteiger partial charge in [0.05, 0.1) is 31.1 Å². The Balaban J connectivity index is 1.76. The van der Waals surface area contributed by atoms with Crippen LogP contribution in [0, 0.1) is 0 Å². The van der Waals surface area contributed by atoms with Crippen molar-refractivity contribution in [3.05, 3.63) is 41.5 Å². The van der Waals surface area contributed by atoms with Crippen LogP contribution in [-0.2, 0) is 40.2 Å². The number of ether oxygens (including phenoxy) is 4. The number of sulfonamides is 1. The van der Waals surface area contributed by atoms with Gasteiger partial charge in [0.1, 0.15) is 10.9 Å². The highest BCUT2D eigenvalue weighted by Gasteiger charge is 2.46. The van der Waals surface area contributed by atoms with E-state index in [-0.39, 0.29) is 25.1 Å². The monoisotopic (exact) mass is 510 g/mol. The number of nitrogens with one attached hydrogen (secondary N) is 2. The Labute approximate surface area is 206 Å². The summed E-state index contributed by atoms with van der Waals surface area (Å²) in [4.78, 5) is 24.6. The average molecular weight is 511 g/mol. The summed E-state index contributed by atoms with van der Waals surface area (Å²) >= 11 is 0. The molecule has 1 aromatic carbocycles. The number of carbonyl (C=O) groups excluding carboxylic acids is 2. The standard InChI is InChI=1S/C24H34N2O8S/c1-5-31-21(27)18-16-24(32-14-15-33-24)12-10-20(18)35(29,30)26-19-9-7-6-8-17(19)11-13-25-22(28)34-23(2,3)4/h6-9,16,20,26H,5,10-15H2,1-4H3,(H,25,28). The molecule has 1 fully saturated rings. The molecule has 1 atom stereocenters.